The fourth-order valence-corrected chi connectivity index (χ4v) is 1.93. The van der Waals surface area contributed by atoms with E-state index in [2.05, 4.69) is 11.8 Å². The summed E-state index contributed by atoms with van der Waals surface area (Å²) in [5.41, 5.74) is 1.03. The Bertz CT molecular complexity index is 379. The van der Waals surface area contributed by atoms with Gasteiger partial charge in [-0.25, -0.2) is 0 Å². The summed E-state index contributed by atoms with van der Waals surface area (Å²) >= 11 is 0. The third-order valence-electron chi connectivity index (χ3n) is 2.74. The molecule has 4 heteroatoms. The number of carboxylic acids is 1. The van der Waals surface area contributed by atoms with Crippen LogP contribution in [0.3, 0.4) is 0 Å². The molecule has 4 nitrogen and oxygen atoms in total. The minimum absolute atomic E-state index is 0.204. The molecule has 0 aromatic heterocycles. The molecule has 1 N–H and O–H groups in total. The lowest BCUT2D eigenvalue weighted by molar-refractivity contribution is -0.137. The van der Waals surface area contributed by atoms with Crippen LogP contribution in [0.2, 0.25) is 0 Å². The summed E-state index contributed by atoms with van der Waals surface area (Å²) in [6, 6.07) is 7.84. The second-order valence-corrected chi connectivity index (χ2v) is 4.16. The molecule has 1 aromatic carbocycles. The summed E-state index contributed by atoms with van der Waals surface area (Å²) in [4.78, 5) is 12.7. The molecule has 0 heterocycles. The molecular weight excluding hydrogens is 230 g/mol. The van der Waals surface area contributed by atoms with Crippen molar-refractivity contribution in [3.05, 3.63) is 24.3 Å². The minimum atomic E-state index is -0.744. The highest BCUT2D eigenvalue weighted by atomic mass is 16.5. The van der Waals surface area contributed by atoms with Gasteiger partial charge >= 0.3 is 5.97 Å². The number of carbonyl (C=O) groups is 1. The highest BCUT2D eigenvalue weighted by Crippen LogP contribution is 2.27. The monoisotopic (exact) mass is 251 g/mol. The minimum Gasteiger partial charge on any atom is -0.495 e. The first-order chi connectivity index (χ1) is 8.69. The standard InChI is InChI=1S/C14H21NO3/c1-3-10-15(11-6-9-14(16)17)12-7-4-5-8-13(12)18-2/h4-5,7-8H,3,6,9-11H2,1-2H3,(H,16,17). The lowest BCUT2D eigenvalue weighted by atomic mass is 10.2. The Morgan fingerprint density at radius 2 is 2.06 bits per heavy atom. The normalized spacial score (nSPS) is 10.1. The van der Waals surface area contributed by atoms with E-state index in [-0.39, 0.29) is 6.42 Å². The third-order valence-corrected chi connectivity index (χ3v) is 2.74. The molecule has 0 unspecified atom stereocenters. The van der Waals surface area contributed by atoms with Crippen molar-refractivity contribution in [1.82, 2.24) is 0 Å². The number of benzene rings is 1. The zero-order valence-corrected chi connectivity index (χ0v) is 11.1. The molecule has 0 aliphatic rings. The van der Waals surface area contributed by atoms with Gasteiger partial charge in [-0.15, -0.1) is 0 Å². The fourth-order valence-electron chi connectivity index (χ4n) is 1.93. The Morgan fingerprint density at radius 1 is 1.33 bits per heavy atom. The van der Waals surface area contributed by atoms with Gasteiger partial charge in [-0.05, 0) is 25.0 Å². The van der Waals surface area contributed by atoms with Crippen molar-refractivity contribution in [3.63, 3.8) is 0 Å². The third kappa shape index (κ3) is 4.28. The first-order valence-electron chi connectivity index (χ1n) is 6.28. The Hall–Kier alpha value is -1.71. The number of aliphatic carboxylic acids is 1. The molecule has 1 aromatic rings. The van der Waals surface area contributed by atoms with Crippen LogP contribution in [-0.4, -0.2) is 31.3 Å². The molecule has 0 saturated carbocycles. The summed E-state index contributed by atoms with van der Waals surface area (Å²) in [5.74, 6) is 0.0905. The summed E-state index contributed by atoms with van der Waals surface area (Å²) in [6.07, 6.45) is 1.87. The van der Waals surface area contributed by atoms with Gasteiger partial charge in [0.05, 0.1) is 12.8 Å². The van der Waals surface area contributed by atoms with E-state index in [0.717, 1.165) is 30.9 Å². The predicted octanol–water partition coefficient (Wildman–Crippen LogP) is 2.78. The first kappa shape index (κ1) is 14.4. The van der Waals surface area contributed by atoms with Crippen LogP contribution in [0.25, 0.3) is 0 Å². The maximum absolute atomic E-state index is 10.6. The molecule has 100 valence electrons. The molecule has 0 aliphatic carbocycles. The van der Waals surface area contributed by atoms with E-state index in [1.54, 1.807) is 7.11 Å². The summed E-state index contributed by atoms with van der Waals surface area (Å²) in [6.45, 7) is 3.75. The summed E-state index contributed by atoms with van der Waals surface area (Å²) in [5, 5.41) is 8.68. The van der Waals surface area contributed by atoms with Crippen LogP contribution in [-0.2, 0) is 4.79 Å². The summed E-state index contributed by atoms with van der Waals surface area (Å²) < 4.78 is 5.34. The van der Waals surface area contributed by atoms with Crippen molar-refractivity contribution in [2.24, 2.45) is 0 Å². The number of para-hydroxylation sites is 2. The van der Waals surface area contributed by atoms with E-state index in [1.165, 1.54) is 0 Å². The Kier molecular flexibility index (Phi) is 6.05. The van der Waals surface area contributed by atoms with Gasteiger partial charge in [0.2, 0.25) is 0 Å². The van der Waals surface area contributed by atoms with Crippen LogP contribution in [0.15, 0.2) is 24.3 Å². The number of nitrogens with zero attached hydrogens (tertiary/aromatic N) is 1. The molecule has 0 aliphatic heterocycles. The van der Waals surface area contributed by atoms with Crippen molar-refractivity contribution in [2.45, 2.75) is 26.2 Å². The van der Waals surface area contributed by atoms with Gasteiger partial charge in [0.15, 0.2) is 0 Å². The van der Waals surface area contributed by atoms with E-state index in [9.17, 15) is 4.79 Å². The fraction of sp³-hybridized carbons (Fsp3) is 0.500. The number of carboxylic acid groups (broad SMARTS) is 1. The molecule has 0 spiro atoms. The molecule has 1 rings (SSSR count). The van der Waals surface area contributed by atoms with Crippen LogP contribution in [0, 0.1) is 0 Å². The lowest BCUT2D eigenvalue weighted by Crippen LogP contribution is -2.26. The van der Waals surface area contributed by atoms with Crippen molar-refractivity contribution >= 4 is 11.7 Å². The second-order valence-electron chi connectivity index (χ2n) is 4.16. The van der Waals surface area contributed by atoms with Gasteiger partial charge in [0.1, 0.15) is 5.75 Å². The smallest absolute Gasteiger partial charge is 0.303 e. The highest BCUT2D eigenvalue weighted by molar-refractivity contribution is 5.66. The number of hydrogen-bond donors (Lipinski definition) is 1. The van der Waals surface area contributed by atoms with E-state index in [1.807, 2.05) is 24.3 Å². The molecule has 0 amide bonds. The number of rotatable bonds is 8. The number of ether oxygens (including phenoxy) is 1. The Morgan fingerprint density at radius 3 is 2.67 bits per heavy atom. The van der Waals surface area contributed by atoms with Crippen molar-refractivity contribution in [3.8, 4) is 5.75 Å². The number of anilines is 1. The molecule has 0 saturated heterocycles. The Labute approximate surface area is 108 Å². The maximum Gasteiger partial charge on any atom is 0.303 e. The molecular formula is C14H21NO3. The van der Waals surface area contributed by atoms with Crippen molar-refractivity contribution in [2.75, 3.05) is 25.1 Å². The second kappa shape index (κ2) is 7.58. The van der Waals surface area contributed by atoms with Crippen LogP contribution < -0.4 is 9.64 Å². The van der Waals surface area contributed by atoms with Gasteiger partial charge in [-0.1, -0.05) is 19.1 Å². The van der Waals surface area contributed by atoms with E-state index < -0.39 is 5.97 Å². The largest absolute Gasteiger partial charge is 0.495 e. The number of methoxy groups -OCH3 is 1. The summed E-state index contributed by atoms with van der Waals surface area (Å²) in [7, 11) is 1.65. The molecule has 0 fully saturated rings. The average molecular weight is 251 g/mol. The van der Waals surface area contributed by atoms with Gasteiger partial charge in [0, 0.05) is 19.5 Å². The SMILES string of the molecule is CCCN(CCCC(=O)O)c1ccccc1OC. The molecule has 0 atom stereocenters. The van der Waals surface area contributed by atoms with E-state index >= 15 is 0 Å². The lowest BCUT2D eigenvalue weighted by Gasteiger charge is -2.25. The van der Waals surface area contributed by atoms with E-state index in [0.29, 0.717) is 6.42 Å². The molecule has 0 bridgehead atoms. The van der Waals surface area contributed by atoms with Gasteiger partial charge in [0.25, 0.3) is 0 Å². The highest BCUT2D eigenvalue weighted by Gasteiger charge is 2.11. The zero-order valence-electron chi connectivity index (χ0n) is 11.1. The van der Waals surface area contributed by atoms with Gasteiger partial charge in [-0.3, -0.25) is 4.79 Å². The topological polar surface area (TPSA) is 49.8 Å². The van der Waals surface area contributed by atoms with Gasteiger partial charge < -0.3 is 14.7 Å². The Balaban J connectivity index is 2.73. The molecule has 0 radical (unpaired) electrons. The quantitative estimate of drug-likeness (QED) is 0.772. The van der Waals surface area contributed by atoms with E-state index in [4.69, 9.17) is 9.84 Å². The van der Waals surface area contributed by atoms with Crippen LogP contribution in [0.5, 0.6) is 5.75 Å². The van der Waals surface area contributed by atoms with Crippen molar-refractivity contribution in [1.29, 1.82) is 0 Å². The number of hydrogen-bond acceptors (Lipinski definition) is 3. The average Bonchev–Trinajstić information content (AvgIpc) is 2.37. The van der Waals surface area contributed by atoms with Crippen molar-refractivity contribution < 1.29 is 14.6 Å². The first-order valence-corrected chi connectivity index (χ1v) is 6.28. The van der Waals surface area contributed by atoms with Crippen LogP contribution in [0.1, 0.15) is 26.2 Å². The predicted molar refractivity (Wildman–Crippen MR) is 72.4 cm³/mol. The molecule has 18 heavy (non-hydrogen) atoms. The zero-order chi connectivity index (χ0) is 13.4. The van der Waals surface area contributed by atoms with Crippen LogP contribution in [0.4, 0.5) is 5.69 Å². The maximum atomic E-state index is 10.6. The van der Waals surface area contributed by atoms with Gasteiger partial charge in [-0.2, -0.15) is 0 Å². The van der Waals surface area contributed by atoms with Crippen LogP contribution >= 0.6 is 0 Å².